The molecule has 2 rings (SSSR count). The summed E-state index contributed by atoms with van der Waals surface area (Å²) in [4.78, 5) is 0. The van der Waals surface area contributed by atoms with Crippen molar-refractivity contribution in [3.63, 3.8) is 0 Å². The van der Waals surface area contributed by atoms with Crippen molar-refractivity contribution in [3.05, 3.63) is 30.5 Å². The van der Waals surface area contributed by atoms with Crippen LogP contribution in [0.3, 0.4) is 0 Å². The molecule has 0 amide bonds. The van der Waals surface area contributed by atoms with Crippen LogP contribution in [0.1, 0.15) is 6.92 Å². The van der Waals surface area contributed by atoms with Gasteiger partial charge in [0.05, 0.1) is 5.52 Å². The minimum Gasteiger partial charge on any atom is -0.508 e. The van der Waals surface area contributed by atoms with E-state index in [1.165, 1.54) is 0 Å². The highest BCUT2D eigenvalue weighted by molar-refractivity contribution is 5.81. The highest BCUT2D eigenvalue weighted by Crippen LogP contribution is 2.20. The van der Waals surface area contributed by atoms with Crippen LogP contribution in [0.4, 0.5) is 0 Å². The van der Waals surface area contributed by atoms with Crippen molar-refractivity contribution in [3.8, 4) is 5.75 Å². The summed E-state index contributed by atoms with van der Waals surface area (Å²) in [5, 5.41) is 10.5. The normalized spacial score (nSPS) is 13.3. The number of nitrogens with two attached hydrogens (primary N) is 1. The van der Waals surface area contributed by atoms with Gasteiger partial charge in [-0.3, -0.25) is 0 Å². The number of fused-ring (bicyclic) bond motifs is 1. The Kier molecular flexibility index (Phi) is 2.17. The lowest BCUT2D eigenvalue weighted by molar-refractivity contribution is 0.475. The highest BCUT2D eigenvalue weighted by atomic mass is 16.3. The number of nitrogens with zero attached hydrogens (tertiary/aromatic N) is 1. The lowest BCUT2D eigenvalue weighted by atomic mass is 10.2. The van der Waals surface area contributed by atoms with Gasteiger partial charge in [-0.05, 0) is 30.5 Å². The number of aromatic nitrogens is 1. The maximum absolute atomic E-state index is 9.36. The van der Waals surface area contributed by atoms with Crippen molar-refractivity contribution in [1.29, 1.82) is 0 Å². The summed E-state index contributed by atoms with van der Waals surface area (Å²) in [5.74, 6) is 0.294. The molecule has 0 aliphatic heterocycles. The molecule has 1 aromatic heterocycles. The molecule has 0 saturated carbocycles. The Hall–Kier alpha value is -1.48. The van der Waals surface area contributed by atoms with Gasteiger partial charge in [-0.25, -0.2) is 0 Å². The molecule has 3 nitrogen and oxygen atoms in total. The lowest BCUT2D eigenvalue weighted by Crippen LogP contribution is -2.21. The van der Waals surface area contributed by atoms with Crippen LogP contribution in [0.15, 0.2) is 30.5 Å². The summed E-state index contributed by atoms with van der Waals surface area (Å²) in [6, 6.07) is 7.50. The molecule has 0 radical (unpaired) electrons. The van der Waals surface area contributed by atoms with Gasteiger partial charge < -0.3 is 15.4 Å². The topological polar surface area (TPSA) is 51.2 Å². The maximum atomic E-state index is 9.36. The van der Waals surface area contributed by atoms with E-state index in [2.05, 4.69) is 4.57 Å². The molecule has 0 aliphatic rings. The van der Waals surface area contributed by atoms with E-state index in [9.17, 15) is 5.11 Å². The number of hydrogen-bond donors (Lipinski definition) is 2. The summed E-state index contributed by atoms with van der Waals surface area (Å²) in [6.07, 6.45) is 1.99. The van der Waals surface area contributed by atoms with E-state index in [0.717, 1.165) is 17.4 Å². The third-order valence-electron chi connectivity index (χ3n) is 2.24. The van der Waals surface area contributed by atoms with Gasteiger partial charge in [0.25, 0.3) is 0 Å². The van der Waals surface area contributed by atoms with Crippen molar-refractivity contribution < 1.29 is 5.11 Å². The van der Waals surface area contributed by atoms with Crippen LogP contribution in [0.25, 0.3) is 10.9 Å². The second kappa shape index (κ2) is 3.35. The summed E-state index contributed by atoms with van der Waals surface area (Å²) < 4.78 is 2.06. The van der Waals surface area contributed by atoms with Crippen molar-refractivity contribution in [1.82, 2.24) is 4.57 Å². The lowest BCUT2D eigenvalue weighted by Gasteiger charge is -2.08. The molecule has 1 heterocycles. The minimum absolute atomic E-state index is 0.118. The van der Waals surface area contributed by atoms with Gasteiger partial charge >= 0.3 is 0 Å². The molecule has 0 bridgehead atoms. The van der Waals surface area contributed by atoms with Gasteiger partial charge in [-0.1, -0.05) is 0 Å². The highest BCUT2D eigenvalue weighted by Gasteiger charge is 2.03. The second-order valence-corrected chi connectivity index (χ2v) is 3.69. The molecular weight excluding hydrogens is 176 g/mol. The first-order chi connectivity index (χ1) is 6.66. The molecule has 3 N–H and O–H groups in total. The van der Waals surface area contributed by atoms with Gasteiger partial charge in [0.1, 0.15) is 5.75 Å². The smallest absolute Gasteiger partial charge is 0.117 e. The van der Waals surface area contributed by atoms with E-state index in [1.54, 1.807) is 12.1 Å². The summed E-state index contributed by atoms with van der Waals surface area (Å²) in [7, 11) is 0. The molecule has 14 heavy (non-hydrogen) atoms. The van der Waals surface area contributed by atoms with Gasteiger partial charge in [-0.2, -0.15) is 0 Å². The molecule has 2 aromatic rings. The maximum Gasteiger partial charge on any atom is 0.117 e. The Balaban J connectivity index is 2.50. The van der Waals surface area contributed by atoms with Crippen molar-refractivity contribution in [2.24, 2.45) is 5.73 Å². The van der Waals surface area contributed by atoms with Crippen LogP contribution in [-0.4, -0.2) is 15.7 Å². The SMILES string of the molecule is CC(N)Cn1ccc2ccc(O)cc21. The average Bonchev–Trinajstić information content (AvgIpc) is 2.47. The Morgan fingerprint density at radius 3 is 2.93 bits per heavy atom. The standard InChI is InChI=1S/C11H14N2O/c1-8(12)7-13-5-4-9-2-3-10(14)6-11(9)13/h2-6,8,14H,7,12H2,1H3. The minimum atomic E-state index is 0.118. The monoisotopic (exact) mass is 190 g/mol. The zero-order valence-corrected chi connectivity index (χ0v) is 8.14. The third-order valence-corrected chi connectivity index (χ3v) is 2.24. The molecule has 0 fully saturated rings. The molecule has 3 heteroatoms. The van der Waals surface area contributed by atoms with E-state index in [0.29, 0.717) is 5.75 Å². The third kappa shape index (κ3) is 1.59. The molecule has 0 spiro atoms. The average molecular weight is 190 g/mol. The number of benzene rings is 1. The zero-order chi connectivity index (χ0) is 10.1. The van der Waals surface area contributed by atoms with E-state index < -0.39 is 0 Å². The fraction of sp³-hybridized carbons (Fsp3) is 0.273. The molecule has 1 atom stereocenters. The van der Waals surface area contributed by atoms with E-state index in [4.69, 9.17) is 5.73 Å². The summed E-state index contributed by atoms with van der Waals surface area (Å²) >= 11 is 0. The Morgan fingerprint density at radius 2 is 2.21 bits per heavy atom. The van der Waals surface area contributed by atoms with Crippen LogP contribution >= 0.6 is 0 Å². The molecule has 1 aromatic carbocycles. The summed E-state index contributed by atoms with van der Waals surface area (Å²) in [5.41, 5.74) is 6.76. The number of hydrogen-bond acceptors (Lipinski definition) is 2. The fourth-order valence-corrected chi connectivity index (χ4v) is 1.64. The fourth-order valence-electron chi connectivity index (χ4n) is 1.64. The van der Waals surface area contributed by atoms with Crippen molar-refractivity contribution in [2.75, 3.05) is 0 Å². The molecule has 74 valence electrons. The molecule has 0 aliphatic carbocycles. The number of aromatic hydroxyl groups is 1. The molecule has 1 unspecified atom stereocenters. The summed E-state index contributed by atoms with van der Waals surface area (Å²) in [6.45, 7) is 2.74. The second-order valence-electron chi connectivity index (χ2n) is 3.69. The van der Waals surface area contributed by atoms with E-state index in [-0.39, 0.29) is 6.04 Å². The molecular formula is C11H14N2O. The largest absolute Gasteiger partial charge is 0.508 e. The molecule has 0 saturated heterocycles. The van der Waals surface area contributed by atoms with Gasteiger partial charge in [0.15, 0.2) is 0 Å². The number of phenolic OH excluding ortho intramolecular Hbond substituents is 1. The first-order valence-electron chi connectivity index (χ1n) is 4.70. The van der Waals surface area contributed by atoms with Crippen LogP contribution in [0.2, 0.25) is 0 Å². The number of phenols is 1. The van der Waals surface area contributed by atoms with Crippen LogP contribution in [0, 0.1) is 0 Å². The predicted octanol–water partition coefficient (Wildman–Crippen LogP) is 1.69. The van der Waals surface area contributed by atoms with Crippen LogP contribution in [0.5, 0.6) is 5.75 Å². The quantitative estimate of drug-likeness (QED) is 0.757. The first kappa shape index (κ1) is 9.09. The van der Waals surface area contributed by atoms with Crippen molar-refractivity contribution >= 4 is 10.9 Å². The first-order valence-corrected chi connectivity index (χ1v) is 4.70. The van der Waals surface area contributed by atoms with Crippen LogP contribution < -0.4 is 5.73 Å². The van der Waals surface area contributed by atoms with E-state index >= 15 is 0 Å². The predicted molar refractivity (Wildman–Crippen MR) is 57.3 cm³/mol. The van der Waals surface area contributed by atoms with Crippen LogP contribution in [-0.2, 0) is 6.54 Å². The Labute approximate surface area is 82.8 Å². The van der Waals surface area contributed by atoms with Gasteiger partial charge in [0.2, 0.25) is 0 Å². The van der Waals surface area contributed by atoms with Gasteiger partial charge in [-0.15, -0.1) is 0 Å². The van der Waals surface area contributed by atoms with Gasteiger partial charge in [0, 0.05) is 24.8 Å². The van der Waals surface area contributed by atoms with Crippen molar-refractivity contribution in [2.45, 2.75) is 19.5 Å². The Morgan fingerprint density at radius 1 is 1.43 bits per heavy atom. The zero-order valence-electron chi connectivity index (χ0n) is 8.14. The van der Waals surface area contributed by atoms with E-state index in [1.807, 2.05) is 25.3 Å². The Bertz CT molecular complexity index is 445. The number of rotatable bonds is 2.